The molecule has 1 aliphatic heterocycles. The average molecular weight is 786 g/mol. The topological polar surface area (TPSA) is 71.1 Å². The molecule has 1 saturated heterocycles. The summed E-state index contributed by atoms with van der Waals surface area (Å²) in [7, 11) is 0. The molecule has 0 spiro atoms. The molecule has 0 aliphatic carbocycles. The third-order valence-electron chi connectivity index (χ3n) is 4.96. The van der Waals surface area contributed by atoms with Gasteiger partial charge in [-0.05, 0) is 0 Å². The second kappa shape index (κ2) is 12.3. The summed E-state index contributed by atoms with van der Waals surface area (Å²) in [5, 5.41) is 0. The predicted molar refractivity (Wildman–Crippen MR) is 102 cm³/mol. The van der Waals surface area contributed by atoms with E-state index in [-0.39, 0.29) is 24.1 Å². The van der Waals surface area contributed by atoms with Gasteiger partial charge >= 0.3 is 204 Å². The predicted octanol–water partition coefficient (Wildman–Crippen LogP) is 3.93. The first-order chi connectivity index (χ1) is 14.5. The Morgan fingerprint density at radius 2 is 1.13 bits per heavy atom. The van der Waals surface area contributed by atoms with E-state index in [4.69, 9.17) is 14.8 Å². The van der Waals surface area contributed by atoms with Crippen molar-refractivity contribution >= 4 is 11.9 Å². The minimum absolute atomic E-state index is 0.0144. The Kier molecular flexibility index (Phi) is 9.74. The van der Waals surface area contributed by atoms with Crippen molar-refractivity contribution < 1.29 is 74.4 Å². The van der Waals surface area contributed by atoms with Crippen molar-refractivity contribution in [3.8, 4) is 0 Å². The minimum atomic E-state index is -1.81. The summed E-state index contributed by atoms with van der Waals surface area (Å²) in [6.45, 7) is 5.01. The van der Waals surface area contributed by atoms with Crippen molar-refractivity contribution in [1.29, 1.82) is 0 Å². The van der Waals surface area contributed by atoms with Crippen LogP contribution in [-0.2, 0) is 64.8 Å². The zero-order valence-corrected chi connectivity index (χ0v) is 28.5. The van der Waals surface area contributed by atoms with Crippen LogP contribution in [0.2, 0.25) is 7.86 Å². The van der Waals surface area contributed by atoms with Crippen LogP contribution < -0.4 is 0 Å². The van der Waals surface area contributed by atoms with Crippen LogP contribution in [0.15, 0.2) is 48.5 Å². The Morgan fingerprint density at radius 3 is 1.47 bits per heavy atom. The summed E-state index contributed by atoms with van der Waals surface area (Å²) in [6.07, 6.45) is 0.0287. The molecule has 0 radical (unpaired) electrons. The van der Waals surface area contributed by atoms with Crippen LogP contribution in [0.4, 0.5) is 0 Å². The standard InChI is InChI=1S/2C8H8O2.C6H10O2.2Hg/c2*1-6-2-4-7(5-3-6)8(9)10;1-5-3-8-6(2)4-7-5;;/h2*2-5H,1H3,(H,9,10);5-6H,1-4H2;;/q;;;2*+1/p-2. The maximum absolute atomic E-state index is 12.1. The van der Waals surface area contributed by atoms with Gasteiger partial charge in [0.2, 0.25) is 0 Å². The Bertz CT molecular complexity index is 758. The molecule has 152 valence electrons. The molecule has 0 aromatic heterocycles. The van der Waals surface area contributed by atoms with E-state index in [0.717, 1.165) is 19.0 Å². The second-order valence-corrected chi connectivity index (χ2v) is 17.4. The Labute approximate surface area is 202 Å². The van der Waals surface area contributed by atoms with Gasteiger partial charge in [-0.15, -0.1) is 0 Å². The van der Waals surface area contributed by atoms with Crippen molar-refractivity contribution in [2.45, 2.75) is 33.9 Å². The molecule has 2 aromatic carbocycles. The molecular formula is C22H24Hg2O6. The zero-order valence-electron chi connectivity index (χ0n) is 17.5. The molecule has 3 rings (SSSR count). The first-order valence-electron chi connectivity index (χ1n) is 10.2. The van der Waals surface area contributed by atoms with E-state index >= 15 is 0 Å². The van der Waals surface area contributed by atoms with Gasteiger partial charge in [0, 0.05) is 0 Å². The summed E-state index contributed by atoms with van der Waals surface area (Å²) in [4.78, 5) is 24.1. The van der Waals surface area contributed by atoms with Crippen LogP contribution in [0.5, 0.6) is 0 Å². The molecule has 0 saturated carbocycles. The second-order valence-electron chi connectivity index (χ2n) is 7.49. The molecule has 1 fully saturated rings. The molecule has 8 heteroatoms. The summed E-state index contributed by atoms with van der Waals surface area (Å²) in [5.74, 6) is -0.451. The van der Waals surface area contributed by atoms with Gasteiger partial charge in [0.05, 0.1) is 0 Å². The van der Waals surface area contributed by atoms with Crippen molar-refractivity contribution in [2.24, 2.45) is 0 Å². The van der Waals surface area contributed by atoms with Crippen LogP contribution in [0.25, 0.3) is 0 Å². The van der Waals surface area contributed by atoms with Crippen LogP contribution in [0.3, 0.4) is 0 Å². The van der Waals surface area contributed by atoms with E-state index in [0.29, 0.717) is 24.3 Å². The van der Waals surface area contributed by atoms with E-state index in [9.17, 15) is 9.59 Å². The van der Waals surface area contributed by atoms with Gasteiger partial charge in [0.25, 0.3) is 0 Å². The summed E-state index contributed by atoms with van der Waals surface area (Å²) < 4.78 is 24.5. The monoisotopic (exact) mass is 788 g/mol. The molecule has 30 heavy (non-hydrogen) atoms. The molecule has 0 bridgehead atoms. The molecule has 6 nitrogen and oxygen atoms in total. The number of rotatable bonds is 8. The fraction of sp³-hybridized carbons (Fsp3) is 0.364. The normalized spacial score (nSPS) is 18.1. The number of aryl methyl sites for hydroxylation is 2. The third-order valence-corrected chi connectivity index (χ3v) is 15.4. The van der Waals surface area contributed by atoms with E-state index in [1.807, 2.05) is 38.1 Å². The SMILES string of the molecule is Cc1ccc(C(=O)[O][Hg][CH2]C2COC([CH2][Hg][O]C(=O)c3ccc(C)cc3)CO2)cc1. The maximum atomic E-state index is 12.1. The van der Waals surface area contributed by atoms with Crippen LogP contribution >= 0.6 is 0 Å². The van der Waals surface area contributed by atoms with Crippen LogP contribution in [0.1, 0.15) is 31.8 Å². The van der Waals surface area contributed by atoms with Crippen molar-refractivity contribution in [3.63, 3.8) is 0 Å². The molecule has 2 unspecified atom stereocenters. The third kappa shape index (κ3) is 7.70. The van der Waals surface area contributed by atoms with Crippen molar-refractivity contribution in [2.75, 3.05) is 13.2 Å². The quantitative estimate of drug-likeness (QED) is 0.379. The van der Waals surface area contributed by atoms with Gasteiger partial charge in [-0.1, -0.05) is 0 Å². The molecule has 2 aromatic rings. The summed E-state index contributed by atoms with van der Waals surface area (Å²) >= 11 is -3.62. The van der Waals surface area contributed by atoms with E-state index in [1.165, 1.54) is 0 Å². The zero-order chi connectivity index (χ0) is 21.3. The Morgan fingerprint density at radius 1 is 0.767 bits per heavy atom. The van der Waals surface area contributed by atoms with Gasteiger partial charge in [0.15, 0.2) is 0 Å². The number of carbonyl (C=O) groups excluding carboxylic acids is 2. The van der Waals surface area contributed by atoms with E-state index in [1.54, 1.807) is 24.3 Å². The van der Waals surface area contributed by atoms with E-state index < -0.39 is 50.1 Å². The number of carbonyl (C=O) groups is 2. The molecule has 1 aliphatic rings. The van der Waals surface area contributed by atoms with Crippen LogP contribution in [-0.4, -0.2) is 37.4 Å². The Balaban J connectivity index is 1.28. The number of ether oxygens (including phenoxy) is 2. The molecule has 2 atom stereocenters. The fourth-order valence-corrected chi connectivity index (χ4v) is 11.3. The van der Waals surface area contributed by atoms with Gasteiger partial charge in [-0.3, -0.25) is 0 Å². The molecule has 0 N–H and O–H groups in total. The number of hydrogen-bond acceptors (Lipinski definition) is 6. The van der Waals surface area contributed by atoms with Gasteiger partial charge in [-0.25, -0.2) is 0 Å². The van der Waals surface area contributed by atoms with E-state index in [2.05, 4.69) is 0 Å². The van der Waals surface area contributed by atoms with Gasteiger partial charge in [-0.2, -0.15) is 0 Å². The van der Waals surface area contributed by atoms with Gasteiger partial charge < -0.3 is 0 Å². The molecule has 0 amide bonds. The first-order valence-corrected chi connectivity index (χ1v) is 22.5. The Hall–Kier alpha value is -0.830. The number of hydrogen-bond donors (Lipinski definition) is 0. The molecular weight excluding hydrogens is 761 g/mol. The summed E-state index contributed by atoms with van der Waals surface area (Å²) in [5.41, 5.74) is 3.45. The first kappa shape index (κ1) is 23.8. The van der Waals surface area contributed by atoms with Crippen LogP contribution in [0, 0.1) is 13.8 Å². The number of benzene rings is 2. The van der Waals surface area contributed by atoms with Crippen molar-refractivity contribution in [1.82, 2.24) is 0 Å². The average Bonchev–Trinajstić information content (AvgIpc) is 2.75. The van der Waals surface area contributed by atoms with Gasteiger partial charge in [0.1, 0.15) is 0 Å². The fourth-order valence-electron chi connectivity index (χ4n) is 3.03. The van der Waals surface area contributed by atoms with Crippen molar-refractivity contribution in [3.05, 3.63) is 70.8 Å². The molecule has 1 heterocycles. The summed E-state index contributed by atoms with van der Waals surface area (Å²) in [6, 6.07) is 14.8.